The number of hydrogen-bond acceptors (Lipinski definition) is 5. The third kappa shape index (κ3) is 3.86. The zero-order valence-corrected chi connectivity index (χ0v) is 15.1. The lowest BCUT2D eigenvalue weighted by Gasteiger charge is -2.09. The van der Waals surface area contributed by atoms with Gasteiger partial charge in [0.05, 0.1) is 6.04 Å². The molecule has 2 aromatic carbocycles. The van der Waals surface area contributed by atoms with Crippen LogP contribution in [-0.2, 0) is 11.2 Å². The lowest BCUT2D eigenvalue weighted by atomic mass is 10.0. The molecule has 2 N–H and O–H groups in total. The first-order valence-electron chi connectivity index (χ1n) is 8.63. The maximum absolute atomic E-state index is 12.0. The van der Waals surface area contributed by atoms with E-state index in [1.807, 2.05) is 24.3 Å². The zero-order chi connectivity index (χ0) is 17.1. The van der Waals surface area contributed by atoms with Crippen LogP contribution in [0.4, 0.5) is 0 Å². The minimum absolute atomic E-state index is 0. The SMILES string of the molecule is Cl.O=C(NCCc1nc(-c2cccc3ccccc23)no1)C1CCCN1. The van der Waals surface area contributed by atoms with Crippen LogP contribution in [0.3, 0.4) is 0 Å². The minimum atomic E-state index is -0.0612. The third-order valence-corrected chi connectivity index (χ3v) is 4.51. The molecule has 0 spiro atoms. The number of fused-ring (bicyclic) bond motifs is 1. The van der Waals surface area contributed by atoms with Crippen molar-refractivity contribution in [2.75, 3.05) is 13.1 Å². The molecule has 1 fully saturated rings. The van der Waals surface area contributed by atoms with Crippen molar-refractivity contribution in [3.8, 4) is 11.4 Å². The van der Waals surface area contributed by atoms with Crippen molar-refractivity contribution in [1.29, 1.82) is 0 Å². The van der Waals surface area contributed by atoms with Crippen molar-refractivity contribution in [1.82, 2.24) is 20.8 Å². The van der Waals surface area contributed by atoms with Gasteiger partial charge >= 0.3 is 0 Å². The number of hydrogen-bond donors (Lipinski definition) is 2. The normalized spacial score (nSPS) is 16.4. The van der Waals surface area contributed by atoms with Gasteiger partial charge in [0.2, 0.25) is 17.6 Å². The largest absolute Gasteiger partial charge is 0.354 e. The molecule has 0 bridgehead atoms. The highest BCUT2D eigenvalue weighted by Crippen LogP contribution is 2.26. The highest BCUT2D eigenvalue weighted by Gasteiger charge is 2.21. The van der Waals surface area contributed by atoms with Crippen molar-refractivity contribution in [3.63, 3.8) is 0 Å². The molecule has 1 amide bonds. The van der Waals surface area contributed by atoms with Gasteiger partial charge in [0.15, 0.2) is 0 Å². The van der Waals surface area contributed by atoms with Gasteiger partial charge in [-0.2, -0.15) is 4.98 Å². The van der Waals surface area contributed by atoms with Gasteiger partial charge in [-0.1, -0.05) is 47.6 Å². The topological polar surface area (TPSA) is 80.1 Å². The van der Waals surface area contributed by atoms with Crippen LogP contribution in [0.25, 0.3) is 22.2 Å². The van der Waals surface area contributed by atoms with Crippen LogP contribution in [0, 0.1) is 0 Å². The number of halogens is 1. The fraction of sp³-hybridized carbons (Fsp3) is 0.316. The van der Waals surface area contributed by atoms with E-state index in [1.54, 1.807) is 0 Å². The summed E-state index contributed by atoms with van der Waals surface area (Å²) >= 11 is 0. The lowest BCUT2D eigenvalue weighted by molar-refractivity contribution is -0.122. The molecule has 7 heteroatoms. The van der Waals surface area contributed by atoms with Gasteiger partial charge < -0.3 is 15.2 Å². The average molecular weight is 373 g/mol. The van der Waals surface area contributed by atoms with E-state index in [4.69, 9.17) is 4.52 Å². The van der Waals surface area contributed by atoms with E-state index in [0.29, 0.717) is 24.7 Å². The summed E-state index contributed by atoms with van der Waals surface area (Å²) in [6.07, 6.45) is 2.48. The number of amides is 1. The van der Waals surface area contributed by atoms with E-state index in [2.05, 4.69) is 39.0 Å². The maximum atomic E-state index is 12.0. The summed E-state index contributed by atoms with van der Waals surface area (Å²) in [6, 6.07) is 14.1. The molecule has 136 valence electrons. The number of nitrogens with one attached hydrogen (secondary N) is 2. The maximum Gasteiger partial charge on any atom is 0.237 e. The van der Waals surface area contributed by atoms with Crippen LogP contribution in [0.15, 0.2) is 47.0 Å². The van der Waals surface area contributed by atoms with E-state index in [-0.39, 0.29) is 24.4 Å². The molecule has 3 aromatic rings. The summed E-state index contributed by atoms with van der Waals surface area (Å²) < 4.78 is 5.35. The number of rotatable bonds is 5. The van der Waals surface area contributed by atoms with Gasteiger partial charge in [0, 0.05) is 18.5 Å². The second-order valence-corrected chi connectivity index (χ2v) is 6.23. The molecule has 1 unspecified atom stereocenters. The van der Waals surface area contributed by atoms with Gasteiger partial charge in [-0.05, 0) is 30.2 Å². The number of carbonyl (C=O) groups is 1. The first kappa shape index (κ1) is 18.4. The van der Waals surface area contributed by atoms with Gasteiger partial charge in [0.1, 0.15) is 0 Å². The smallest absolute Gasteiger partial charge is 0.237 e. The Bertz CT molecular complexity index is 885. The molecule has 1 aliphatic heterocycles. The lowest BCUT2D eigenvalue weighted by Crippen LogP contribution is -2.41. The molecule has 1 atom stereocenters. The van der Waals surface area contributed by atoms with Crippen LogP contribution < -0.4 is 10.6 Å². The predicted octanol–water partition coefficient (Wildman–Crippen LogP) is 2.72. The highest BCUT2D eigenvalue weighted by molar-refractivity contribution is 5.94. The number of aromatic nitrogens is 2. The first-order valence-corrected chi connectivity index (χ1v) is 8.63. The van der Waals surface area contributed by atoms with Gasteiger partial charge in [-0.15, -0.1) is 12.4 Å². The predicted molar refractivity (Wildman–Crippen MR) is 102 cm³/mol. The summed E-state index contributed by atoms with van der Waals surface area (Å²) in [7, 11) is 0. The molecule has 6 nitrogen and oxygen atoms in total. The molecule has 0 radical (unpaired) electrons. The molecule has 2 heterocycles. The fourth-order valence-corrected chi connectivity index (χ4v) is 3.21. The Morgan fingerprint density at radius 2 is 2.08 bits per heavy atom. The highest BCUT2D eigenvalue weighted by atomic mass is 35.5. The monoisotopic (exact) mass is 372 g/mol. The van der Waals surface area contributed by atoms with Gasteiger partial charge in [0.25, 0.3) is 0 Å². The van der Waals surface area contributed by atoms with Crippen molar-refractivity contribution < 1.29 is 9.32 Å². The molecule has 0 aliphatic carbocycles. The second-order valence-electron chi connectivity index (χ2n) is 6.23. The van der Waals surface area contributed by atoms with Gasteiger partial charge in [-0.25, -0.2) is 0 Å². The average Bonchev–Trinajstić information content (AvgIpc) is 3.33. The van der Waals surface area contributed by atoms with Crippen molar-refractivity contribution in [3.05, 3.63) is 48.4 Å². The van der Waals surface area contributed by atoms with Crippen molar-refractivity contribution in [2.45, 2.75) is 25.3 Å². The molecule has 4 rings (SSSR count). The first-order chi connectivity index (χ1) is 12.3. The van der Waals surface area contributed by atoms with E-state index in [9.17, 15) is 4.79 Å². The van der Waals surface area contributed by atoms with E-state index < -0.39 is 0 Å². The van der Waals surface area contributed by atoms with Crippen LogP contribution in [0.1, 0.15) is 18.7 Å². The number of benzene rings is 2. The van der Waals surface area contributed by atoms with Crippen LogP contribution in [-0.4, -0.2) is 35.2 Å². The van der Waals surface area contributed by atoms with Crippen molar-refractivity contribution in [2.24, 2.45) is 0 Å². The molecular weight excluding hydrogens is 352 g/mol. The summed E-state index contributed by atoms with van der Waals surface area (Å²) in [5.41, 5.74) is 0.951. The van der Waals surface area contributed by atoms with E-state index in [0.717, 1.165) is 35.7 Å². The molecular formula is C19H21ClN4O2. The van der Waals surface area contributed by atoms with Crippen LogP contribution in [0.2, 0.25) is 0 Å². The zero-order valence-electron chi connectivity index (χ0n) is 14.3. The standard InChI is InChI=1S/C19H20N4O2.ClH/c24-19(16-9-4-11-20-16)21-12-10-17-22-18(23-25-17)15-8-3-6-13-5-1-2-7-14(13)15;/h1-3,5-8,16,20H,4,9-12H2,(H,21,24);1H. The Kier molecular flexibility index (Phi) is 5.85. The molecule has 26 heavy (non-hydrogen) atoms. The molecule has 1 aliphatic rings. The summed E-state index contributed by atoms with van der Waals surface area (Å²) in [4.78, 5) is 16.4. The Morgan fingerprint density at radius 1 is 1.23 bits per heavy atom. The minimum Gasteiger partial charge on any atom is -0.354 e. The van der Waals surface area contributed by atoms with Crippen LogP contribution >= 0.6 is 12.4 Å². The fourth-order valence-electron chi connectivity index (χ4n) is 3.21. The Labute approximate surface area is 157 Å². The van der Waals surface area contributed by atoms with Crippen LogP contribution in [0.5, 0.6) is 0 Å². The molecule has 1 aromatic heterocycles. The third-order valence-electron chi connectivity index (χ3n) is 4.51. The van der Waals surface area contributed by atoms with E-state index in [1.165, 1.54) is 0 Å². The molecule has 1 saturated heterocycles. The Hall–Kier alpha value is -2.44. The van der Waals surface area contributed by atoms with E-state index >= 15 is 0 Å². The Balaban J connectivity index is 0.00000196. The number of carbonyl (C=O) groups excluding carboxylic acids is 1. The summed E-state index contributed by atoms with van der Waals surface area (Å²) in [5, 5.41) is 12.4. The Morgan fingerprint density at radius 3 is 2.92 bits per heavy atom. The second kappa shape index (κ2) is 8.29. The van der Waals surface area contributed by atoms with Gasteiger partial charge in [-0.3, -0.25) is 4.79 Å². The molecule has 0 saturated carbocycles. The summed E-state index contributed by atoms with van der Waals surface area (Å²) in [5.74, 6) is 1.16. The van der Waals surface area contributed by atoms with Crippen molar-refractivity contribution >= 4 is 29.1 Å². The number of nitrogens with zero attached hydrogens (tertiary/aromatic N) is 2. The quantitative estimate of drug-likeness (QED) is 0.719. The summed E-state index contributed by atoms with van der Waals surface area (Å²) in [6.45, 7) is 1.41.